The lowest BCUT2D eigenvalue weighted by Gasteiger charge is -2.28. The largest absolute Gasteiger partial charge is 0.352 e. The van der Waals surface area contributed by atoms with Crippen LogP contribution < -0.4 is 16.0 Å². The van der Waals surface area contributed by atoms with Gasteiger partial charge in [0, 0.05) is 23.0 Å². The second-order valence-corrected chi connectivity index (χ2v) is 8.69. The van der Waals surface area contributed by atoms with Crippen molar-refractivity contribution < 1.29 is 18.8 Å². The zero-order chi connectivity index (χ0) is 24.0. The van der Waals surface area contributed by atoms with E-state index in [0.717, 1.165) is 4.70 Å². The average molecular weight is 580 g/mol. The molecule has 0 bridgehead atoms. The van der Waals surface area contributed by atoms with Gasteiger partial charge in [-0.2, -0.15) is 4.37 Å². The van der Waals surface area contributed by atoms with Gasteiger partial charge in [0.25, 0.3) is 11.8 Å². The Labute approximate surface area is 217 Å². The maximum absolute atomic E-state index is 14.1. The number of nitrogens with one attached hydrogen (secondary N) is 3. The second-order valence-electron chi connectivity index (χ2n) is 7.48. The molecule has 3 N–H and O–H groups in total. The van der Waals surface area contributed by atoms with Gasteiger partial charge >= 0.3 is 0 Å². The molecule has 4 aromatic rings. The summed E-state index contributed by atoms with van der Waals surface area (Å²) in [6, 6.07) is 10.1. The number of rotatable bonds is 4. The van der Waals surface area contributed by atoms with Crippen LogP contribution in [0.3, 0.4) is 0 Å². The topological polar surface area (TPSA) is 118 Å². The molecule has 2 aromatic heterocycles. The molecule has 1 aliphatic heterocycles. The summed E-state index contributed by atoms with van der Waals surface area (Å²) in [5, 5.41) is 8.82. The Morgan fingerprint density at radius 1 is 1.23 bits per heavy atom. The van der Waals surface area contributed by atoms with Crippen LogP contribution in [0.25, 0.3) is 10.1 Å². The summed E-state index contributed by atoms with van der Waals surface area (Å²) in [5.74, 6) is -2.13. The number of carbonyl (C=O) groups is 3. The molecular weight excluding hydrogens is 563 g/mol. The number of hydrogen-bond acceptors (Lipinski definition) is 6. The van der Waals surface area contributed by atoms with Gasteiger partial charge in [-0.05, 0) is 35.8 Å². The Morgan fingerprint density at radius 3 is 2.77 bits per heavy atom. The van der Waals surface area contributed by atoms with Crippen molar-refractivity contribution in [3.05, 3.63) is 76.1 Å². The van der Waals surface area contributed by atoms with Crippen LogP contribution in [0.15, 0.2) is 42.5 Å². The number of nitrogens with zero attached hydrogens (tertiary/aromatic N) is 3. The van der Waals surface area contributed by atoms with Crippen molar-refractivity contribution in [1.82, 2.24) is 24.6 Å². The summed E-state index contributed by atoms with van der Waals surface area (Å²) >= 11 is 7.50. The Hall–Kier alpha value is -3.35. The van der Waals surface area contributed by atoms with Gasteiger partial charge in [0.15, 0.2) is 5.82 Å². The van der Waals surface area contributed by atoms with E-state index in [1.54, 1.807) is 12.1 Å². The number of halogens is 3. The lowest BCUT2D eigenvalue weighted by atomic mass is 10.0. The number of anilines is 1. The van der Waals surface area contributed by atoms with Gasteiger partial charge in [-0.25, -0.2) is 9.37 Å². The van der Waals surface area contributed by atoms with Crippen molar-refractivity contribution >= 4 is 73.7 Å². The van der Waals surface area contributed by atoms with E-state index < -0.39 is 29.6 Å². The molecule has 9 nitrogen and oxygen atoms in total. The highest BCUT2D eigenvalue weighted by atomic mass is 79.9. The van der Waals surface area contributed by atoms with Crippen LogP contribution in [0.2, 0.25) is 5.02 Å². The van der Waals surface area contributed by atoms with Crippen LogP contribution >= 0.6 is 40.1 Å². The molecule has 1 aliphatic rings. The van der Waals surface area contributed by atoms with E-state index in [0.29, 0.717) is 11.1 Å². The van der Waals surface area contributed by atoms with Crippen LogP contribution in [0.1, 0.15) is 38.4 Å². The van der Waals surface area contributed by atoms with Crippen molar-refractivity contribution in [2.45, 2.75) is 12.6 Å². The maximum Gasteiger partial charge on any atom is 0.287 e. The molecule has 0 radical (unpaired) electrons. The molecule has 0 aliphatic carbocycles. The van der Waals surface area contributed by atoms with Crippen LogP contribution in [-0.4, -0.2) is 38.7 Å². The minimum Gasteiger partial charge on any atom is -0.352 e. The third-order valence-corrected chi connectivity index (χ3v) is 6.58. The first-order valence-electron chi connectivity index (χ1n) is 10.1. The summed E-state index contributed by atoms with van der Waals surface area (Å²) < 4.78 is 20.5. The molecule has 3 amide bonds. The second kappa shape index (κ2) is 9.72. The molecule has 0 unspecified atom stereocenters. The summed E-state index contributed by atoms with van der Waals surface area (Å²) in [4.78, 5) is 42.5. The predicted molar refractivity (Wildman–Crippen MR) is 135 cm³/mol. The molecule has 1 atom stereocenters. The number of hydrogen-bond donors (Lipinski definition) is 3. The summed E-state index contributed by atoms with van der Waals surface area (Å²) in [5.41, 5.74) is 0.747. The van der Waals surface area contributed by atoms with Crippen LogP contribution in [0.4, 0.5) is 10.2 Å². The molecule has 0 saturated heterocycles. The number of amides is 3. The van der Waals surface area contributed by atoms with E-state index in [1.807, 2.05) is 12.1 Å². The summed E-state index contributed by atoms with van der Waals surface area (Å²) in [6.45, 7) is -0.218. The first-order valence-corrected chi connectivity index (χ1v) is 11.2. The monoisotopic (exact) mass is 578 g/mol. The SMILES string of the molecule is Br.CNC(=O)c1nc(NC(=O)c2nsc3ccccc23)c2n1CC(=O)N[C@H]2c1cc(F)ccc1Cl. The minimum absolute atomic E-state index is 0. The smallest absolute Gasteiger partial charge is 0.287 e. The number of carbonyl (C=O) groups excluding carboxylic acids is 3. The fourth-order valence-corrected chi connectivity index (χ4v) is 4.89. The van der Waals surface area contributed by atoms with Gasteiger partial charge < -0.3 is 20.5 Å². The van der Waals surface area contributed by atoms with E-state index in [9.17, 15) is 18.8 Å². The Bertz CT molecular complexity index is 1490. The molecule has 13 heteroatoms. The standard InChI is InChI=1S/C22H16ClFN6O3S.BrH/c1-25-22(33)20-27-19(28-21(32)17-11-4-2-3-5-14(11)34-29-17)18-16(26-15(31)9-30(18)20)12-8-10(24)6-7-13(12)23;/h2-8,16H,9H2,1H3,(H,25,33)(H,26,31)(H,28,32);1H/t16-;/m0./s1. The van der Waals surface area contributed by atoms with Gasteiger partial charge in [0.2, 0.25) is 11.7 Å². The predicted octanol–water partition coefficient (Wildman–Crippen LogP) is 3.69. The van der Waals surface area contributed by atoms with Gasteiger partial charge in [-0.3, -0.25) is 14.4 Å². The summed E-state index contributed by atoms with van der Waals surface area (Å²) in [6.07, 6.45) is 0. The number of imidazole rings is 1. The summed E-state index contributed by atoms with van der Waals surface area (Å²) in [7, 11) is 1.42. The molecule has 0 spiro atoms. The molecule has 2 aromatic carbocycles. The Balaban J connectivity index is 0.00000289. The first kappa shape index (κ1) is 24.8. The molecule has 5 rings (SSSR count). The zero-order valence-corrected chi connectivity index (χ0v) is 21.3. The zero-order valence-electron chi connectivity index (χ0n) is 18.0. The van der Waals surface area contributed by atoms with Crippen LogP contribution in [0, 0.1) is 5.82 Å². The van der Waals surface area contributed by atoms with Crippen molar-refractivity contribution in [3.8, 4) is 0 Å². The fraction of sp³-hybridized carbons (Fsp3) is 0.136. The third kappa shape index (κ3) is 4.40. The van der Waals surface area contributed by atoms with Crippen molar-refractivity contribution in [1.29, 1.82) is 0 Å². The fourth-order valence-electron chi connectivity index (χ4n) is 3.89. The van der Waals surface area contributed by atoms with Gasteiger partial charge in [-0.15, -0.1) is 17.0 Å². The Morgan fingerprint density at radius 2 is 2.00 bits per heavy atom. The van der Waals surface area contributed by atoms with Crippen LogP contribution in [-0.2, 0) is 11.3 Å². The molecule has 35 heavy (non-hydrogen) atoms. The normalized spacial score (nSPS) is 14.6. The number of fused-ring (bicyclic) bond motifs is 2. The molecule has 0 fully saturated rings. The minimum atomic E-state index is -0.960. The highest BCUT2D eigenvalue weighted by Crippen LogP contribution is 2.36. The maximum atomic E-state index is 14.1. The average Bonchev–Trinajstić information content (AvgIpc) is 3.41. The van der Waals surface area contributed by atoms with Gasteiger partial charge in [-0.1, -0.05) is 29.8 Å². The molecule has 180 valence electrons. The molecule has 0 saturated carbocycles. The van der Waals surface area contributed by atoms with Gasteiger partial charge in [0.05, 0.1) is 16.4 Å². The highest BCUT2D eigenvalue weighted by Gasteiger charge is 2.36. The van der Waals surface area contributed by atoms with Crippen molar-refractivity contribution in [2.75, 3.05) is 12.4 Å². The van der Waals surface area contributed by atoms with E-state index in [2.05, 4.69) is 25.3 Å². The van der Waals surface area contributed by atoms with E-state index in [-0.39, 0.29) is 51.4 Å². The molecule has 3 heterocycles. The van der Waals surface area contributed by atoms with E-state index in [4.69, 9.17) is 11.6 Å². The quantitative estimate of drug-likeness (QED) is 0.341. The van der Waals surface area contributed by atoms with Crippen molar-refractivity contribution in [3.63, 3.8) is 0 Å². The van der Waals surface area contributed by atoms with E-state index >= 15 is 0 Å². The number of aromatic nitrogens is 3. The van der Waals surface area contributed by atoms with Gasteiger partial charge in [0.1, 0.15) is 18.1 Å². The molecular formula is C22H17BrClFN6O3S. The van der Waals surface area contributed by atoms with Crippen LogP contribution in [0.5, 0.6) is 0 Å². The van der Waals surface area contributed by atoms with Crippen molar-refractivity contribution in [2.24, 2.45) is 0 Å². The first-order chi connectivity index (χ1) is 16.4. The Kier molecular flexibility index (Phi) is 6.88. The van der Waals surface area contributed by atoms with E-state index in [1.165, 1.54) is 41.3 Å². The number of benzene rings is 2. The lowest BCUT2D eigenvalue weighted by Crippen LogP contribution is -2.41. The lowest BCUT2D eigenvalue weighted by molar-refractivity contribution is -0.123. The highest BCUT2D eigenvalue weighted by molar-refractivity contribution is 8.93. The third-order valence-electron chi connectivity index (χ3n) is 5.41.